The Bertz CT molecular complexity index is 487. The van der Waals surface area contributed by atoms with Crippen molar-refractivity contribution in [2.75, 3.05) is 0 Å². The van der Waals surface area contributed by atoms with Gasteiger partial charge in [0.05, 0.1) is 11.2 Å². The minimum Gasteiger partial charge on any atom is -0.242 e. The quantitative estimate of drug-likeness (QED) is 0.550. The van der Waals surface area contributed by atoms with Gasteiger partial charge in [0, 0.05) is 11.4 Å². The minimum atomic E-state index is 0.101. The van der Waals surface area contributed by atoms with E-state index < -0.39 is 0 Å². The van der Waals surface area contributed by atoms with E-state index in [-0.39, 0.29) is 10.4 Å². The summed E-state index contributed by atoms with van der Waals surface area (Å²) in [4.78, 5) is 15.0. The standard InChI is InChI=1S/C6H8N2.C4HCl3N2/c1-5-3-6(2)8-4-7-5;5-2-1-8-4(7)9-3(2)6/h3-4H,1-2H3;1H. The summed E-state index contributed by atoms with van der Waals surface area (Å²) in [5, 5.41) is 0.585. The molecule has 2 aromatic heterocycles. The molecule has 0 aliphatic heterocycles. The van der Waals surface area contributed by atoms with Gasteiger partial charge in [0.25, 0.3) is 0 Å². The van der Waals surface area contributed by atoms with Crippen LogP contribution in [0.2, 0.25) is 15.5 Å². The van der Waals surface area contributed by atoms with Gasteiger partial charge in [0.15, 0.2) is 5.15 Å². The summed E-state index contributed by atoms with van der Waals surface area (Å²) < 4.78 is 0. The zero-order valence-corrected chi connectivity index (χ0v) is 11.4. The zero-order valence-electron chi connectivity index (χ0n) is 9.15. The maximum atomic E-state index is 5.47. The van der Waals surface area contributed by atoms with Crippen molar-refractivity contribution in [3.63, 3.8) is 0 Å². The van der Waals surface area contributed by atoms with Crippen molar-refractivity contribution in [3.8, 4) is 0 Å². The molecule has 0 aliphatic carbocycles. The van der Waals surface area contributed by atoms with Crippen molar-refractivity contribution >= 4 is 34.8 Å². The van der Waals surface area contributed by atoms with Gasteiger partial charge >= 0.3 is 0 Å². The molecular formula is C10H9Cl3N4. The Kier molecular flexibility index (Phi) is 5.55. The molecule has 0 N–H and O–H groups in total. The van der Waals surface area contributed by atoms with Gasteiger partial charge in [-0.3, -0.25) is 0 Å². The molecule has 0 aromatic carbocycles. The molecule has 0 fully saturated rings. The fourth-order valence-electron chi connectivity index (χ4n) is 0.914. The molecule has 2 heterocycles. The summed E-state index contributed by atoms with van der Waals surface area (Å²) in [5.74, 6) is 0. The Labute approximate surface area is 114 Å². The molecule has 0 atom stereocenters. The fraction of sp³-hybridized carbons (Fsp3) is 0.200. The third-order valence-corrected chi connectivity index (χ3v) is 2.46. The molecule has 0 aliphatic rings. The summed E-state index contributed by atoms with van der Waals surface area (Å²) in [5.41, 5.74) is 2.05. The molecule has 2 rings (SSSR count). The van der Waals surface area contributed by atoms with Crippen LogP contribution in [0.3, 0.4) is 0 Å². The predicted octanol–water partition coefficient (Wildman–Crippen LogP) is 3.53. The summed E-state index contributed by atoms with van der Waals surface area (Å²) >= 11 is 16.3. The van der Waals surface area contributed by atoms with E-state index in [0.29, 0.717) is 5.02 Å². The second-order valence-corrected chi connectivity index (χ2v) is 4.18. The Morgan fingerprint density at radius 3 is 1.88 bits per heavy atom. The van der Waals surface area contributed by atoms with Crippen LogP contribution in [-0.2, 0) is 0 Å². The highest BCUT2D eigenvalue weighted by atomic mass is 35.5. The molecule has 0 bridgehead atoms. The predicted molar refractivity (Wildman–Crippen MR) is 68.6 cm³/mol. The highest BCUT2D eigenvalue weighted by Gasteiger charge is 1.98. The number of nitrogens with zero attached hydrogens (tertiary/aromatic N) is 4. The van der Waals surface area contributed by atoms with E-state index in [1.807, 2.05) is 19.9 Å². The largest absolute Gasteiger partial charge is 0.242 e. The van der Waals surface area contributed by atoms with Crippen LogP contribution in [0.15, 0.2) is 18.6 Å². The van der Waals surface area contributed by atoms with E-state index in [9.17, 15) is 0 Å². The summed E-state index contributed by atoms with van der Waals surface area (Å²) in [6.45, 7) is 3.91. The molecule has 7 heteroatoms. The Hall–Kier alpha value is -0.970. The molecule has 90 valence electrons. The molecular weight excluding hydrogens is 282 g/mol. The molecule has 2 aromatic rings. The molecule has 0 unspecified atom stereocenters. The second-order valence-electron chi connectivity index (χ2n) is 3.08. The van der Waals surface area contributed by atoms with Crippen LogP contribution in [0.1, 0.15) is 11.4 Å². The molecule has 0 saturated carbocycles. The molecule has 0 radical (unpaired) electrons. The van der Waals surface area contributed by atoms with Crippen molar-refractivity contribution in [2.45, 2.75) is 13.8 Å². The van der Waals surface area contributed by atoms with Gasteiger partial charge < -0.3 is 0 Å². The highest BCUT2D eigenvalue weighted by Crippen LogP contribution is 2.18. The lowest BCUT2D eigenvalue weighted by atomic mass is 10.4. The zero-order chi connectivity index (χ0) is 12.8. The first kappa shape index (κ1) is 14.1. The third-order valence-electron chi connectivity index (χ3n) is 1.61. The Balaban J connectivity index is 0.000000171. The van der Waals surface area contributed by atoms with Gasteiger partial charge in [0.1, 0.15) is 6.33 Å². The number of hydrogen-bond donors (Lipinski definition) is 0. The number of aryl methyl sites for hydroxylation is 2. The normalized spacial score (nSPS) is 9.47. The van der Waals surface area contributed by atoms with Crippen LogP contribution in [0.5, 0.6) is 0 Å². The average molecular weight is 292 g/mol. The van der Waals surface area contributed by atoms with Gasteiger partial charge in [-0.25, -0.2) is 19.9 Å². The van der Waals surface area contributed by atoms with Gasteiger partial charge in [-0.1, -0.05) is 23.2 Å². The summed E-state index contributed by atoms with van der Waals surface area (Å²) in [7, 11) is 0. The van der Waals surface area contributed by atoms with Crippen LogP contribution in [0.4, 0.5) is 0 Å². The molecule has 4 nitrogen and oxygen atoms in total. The number of rotatable bonds is 0. The van der Waals surface area contributed by atoms with Gasteiger partial charge in [-0.05, 0) is 31.5 Å². The lowest BCUT2D eigenvalue weighted by Gasteiger charge is -1.90. The second kappa shape index (κ2) is 6.69. The molecule has 0 saturated heterocycles. The lowest BCUT2D eigenvalue weighted by Crippen LogP contribution is -1.84. The van der Waals surface area contributed by atoms with Crippen molar-refractivity contribution in [3.05, 3.63) is 45.4 Å². The topological polar surface area (TPSA) is 51.6 Å². The van der Waals surface area contributed by atoms with Crippen molar-refractivity contribution in [1.82, 2.24) is 19.9 Å². The van der Waals surface area contributed by atoms with Gasteiger partial charge in [0.2, 0.25) is 5.28 Å². The van der Waals surface area contributed by atoms with E-state index in [1.165, 1.54) is 6.20 Å². The highest BCUT2D eigenvalue weighted by molar-refractivity contribution is 6.41. The third kappa shape index (κ3) is 5.26. The van der Waals surface area contributed by atoms with Crippen molar-refractivity contribution in [2.24, 2.45) is 0 Å². The maximum Gasteiger partial charge on any atom is 0.223 e. The number of hydrogen-bond acceptors (Lipinski definition) is 4. The first-order valence-electron chi connectivity index (χ1n) is 4.58. The molecule has 0 amide bonds. The van der Waals surface area contributed by atoms with E-state index in [4.69, 9.17) is 34.8 Å². The SMILES string of the molecule is Cc1cc(C)ncn1.Clc1ncc(Cl)c(Cl)n1. The average Bonchev–Trinajstić information content (AvgIpc) is 2.24. The van der Waals surface area contributed by atoms with Gasteiger partial charge in [-0.2, -0.15) is 0 Å². The van der Waals surface area contributed by atoms with Crippen LogP contribution in [0, 0.1) is 13.8 Å². The fourth-order valence-corrected chi connectivity index (χ4v) is 1.31. The molecule has 17 heavy (non-hydrogen) atoms. The summed E-state index contributed by atoms with van der Waals surface area (Å²) in [6.07, 6.45) is 2.92. The summed E-state index contributed by atoms with van der Waals surface area (Å²) in [6, 6.07) is 1.94. The van der Waals surface area contributed by atoms with Crippen LogP contribution in [0.25, 0.3) is 0 Å². The minimum absolute atomic E-state index is 0.101. The monoisotopic (exact) mass is 290 g/mol. The lowest BCUT2D eigenvalue weighted by molar-refractivity contribution is 1.05. The van der Waals surface area contributed by atoms with E-state index in [1.54, 1.807) is 6.33 Å². The van der Waals surface area contributed by atoms with E-state index >= 15 is 0 Å². The Morgan fingerprint density at radius 1 is 0.941 bits per heavy atom. The van der Waals surface area contributed by atoms with Crippen LogP contribution < -0.4 is 0 Å². The Morgan fingerprint density at radius 2 is 1.53 bits per heavy atom. The first-order valence-corrected chi connectivity index (χ1v) is 5.71. The van der Waals surface area contributed by atoms with Crippen molar-refractivity contribution in [1.29, 1.82) is 0 Å². The van der Waals surface area contributed by atoms with E-state index in [0.717, 1.165) is 11.4 Å². The van der Waals surface area contributed by atoms with Crippen LogP contribution >= 0.6 is 34.8 Å². The van der Waals surface area contributed by atoms with Crippen molar-refractivity contribution < 1.29 is 0 Å². The maximum absolute atomic E-state index is 5.47. The van der Waals surface area contributed by atoms with E-state index in [2.05, 4.69) is 19.9 Å². The first-order chi connectivity index (χ1) is 7.99. The van der Waals surface area contributed by atoms with Gasteiger partial charge in [-0.15, -0.1) is 0 Å². The number of halogens is 3. The van der Waals surface area contributed by atoms with Crippen LogP contribution in [-0.4, -0.2) is 19.9 Å². The molecule has 0 spiro atoms. The number of aromatic nitrogens is 4. The smallest absolute Gasteiger partial charge is 0.223 e.